The molecule has 440 valence electrons. The van der Waals surface area contributed by atoms with Gasteiger partial charge < -0.3 is 20.3 Å². The van der Waals surface area contributed by atoms with Crippen LogP contribution in [0.2, 0.25) is 0 Å². The van der Waals surface area contributed by atoms with Crippen LogP contribution in [-0.2, 0) is 14.3 Å². The number of aliphatic hydroxyl groups is 2. The third-order valence-corrected chi connectivity index (χ3v) is 15.3. The number of unbranched alkanes of at least 4 members (excludes halogenated alkanes) is 45. The first kappa shape index (κ1) is 72.8. The average molecular weight is 1050 g/mol. The molecule has 0 saturated carbocycles. The molecule has 0 saturated heterocycles. The van der Waals surface area contributed by atoms with Gasteiger partial charge in [0.15, 0.2) is 0 Å². The van der Waals surface area contributed by atoms with Gasteiger partial charge in [-0.05, 0) is 83.5 Å². The van der Waals surface area contributed by atoms with Crippen LogP contribution in [0.5, 0.6) is 0 Å². The van der Waals surface area contributed by atoms with E-state index >= 15 is 0 Å². The SMILES string of the molecule is CCCC/C=C\C/C=C\CCCCCCCC(=O)OCCCCCCCCCCCC/C=C\CCCCCCCCCC(=O)NC(CO)C(O)/C=C/CCCCCCCCCCCCCCCCCCCCCCC. The Kier molecular flexibility index (Phi) is 62.5. The molecule has 6 heteroatoms. The summed E-state index contributed by atoms with van der Waals surface area (Å²) in [5.74, 6) is -0.0802. The van der Waals surface area contributed by atoms with Crippen LogP contribution in [0.15, 0.2) is 48.6 Å². The van der Waals surface area contributed by atoms with Crippen molar-refractivity contribution in [2.75, 3.05) is 13.2 Å². The number of rotatable bonds is 62. The molecule has 0 bridgehead atoms. The number of amides is 1. The summed E-state index contributed by atoms with van der Waals surface area (Å²) in [6.07, 6.45) is 83.1. The van der Waals surface area contributed by atoms with Crippen molar-refractivity contribution in [2.45, 2.75) is 366 Å². The fourth-order valence-corrected chi connectivity index (χ4v) is 10.2. The monoisotopic (exact) mass is 1050 g/mol. The van der Waals surface area contributed by atoms with Crippen LogP contribution in [0.25, 0.3) is 0 Å². The maximum absolute atomic E-state index is 12.5. The standard InChI is InChI=1S/C69H129NO5/c1-3-5-7-9-11-13-15-17-19-20-21-22-23-25-28-31-34-37-41-45-49-53-57-61-67(72)66(65-71)70-68(73)62-58-54-50-46-42-38-35-32-29-26-24-27-30-33-36-40-44-48-52-56-60-64-75-69(74)63-59-55-51-47-43-39-18-16-14-12-10-8-6-4-2/h10,12,16,18,26,29,57,61,66-67,71-72H,3-9,11,13-15,17,19-25,27-28,30-56,58-60,62-65H2,1-2H3,(H,70,73)/b12-10-,18-16-,29-26-,61-57+. The number of carbonyl (C=O) groups is 2. The number of aliphatic hydroxyl groups excluding tert-OH is 2. The van der Waals surface area contributed by atoms with E-state index in [2.05, 4.69) is 55.6 Å². The molecule has 0 radical (unpaired) electrons. The third-order valence-electron chi connectivity index (χ3n) is 15.3. The molecule has 0 fully saturated rings. The highest BCUT2D eigenvalue weighted by Gasteiger charge is 2.18. The van der Waals surface area contributed by atoms with Gasteiger partial charge in [-0.1, -0.05) is 306 Å². The molecule has 2 unspecified atom stereocenters. The van der Waals surface area contributed by atoms with Crippen molar-refractivity contribution < 1.29 is 24.5 Å². The molecule has 0 rings (SSSR count). The van der Waals surface area contributed by atoms with E-state index in [0.29, 0.717) is 19.4 Å². The second-order valence-corrected chi connectivity index (χ2v) is 22.8. The van der Waals surface area contributed by atoms with Gasteiger partial charge >= 0.3 is 5.97 Å². The molecule has 6 nitrogen and oxygen atoms in total. The van der Waals surface area contributed by atoms with Gasteiger partial charge in [-0.3, -0.25) is 9.59 Å². The van der Waals surface area contributed by atoms with Crippen molar-refractivity contribution in [1.82, 2.24) is 5.32 Å². The Labute approximate surface area is 467 Å². The van der Waals surface area contributed by atoms with E-state index in [1.807, 2.05) is 6.08 Å². The lowest BCUT2D eigenvalue weighted by Gasteiger charge is -2.20. The first-order valence-electron chi connectivity index (χ1n) is 33.4. The van der Waals surface area contributed by atoms with E-state index < -0.39 is 12.1 Å². The Balaban J connectivity index is 3.47. The molecule has 0 aromatic heterocycles. The molecule has 3 N–H and O–H groups in total. The smallest absolute Gasteiger partial charge is 0.305 e. The van der Waals surface area contributed by atoms with Gasteiger partial charge in [0.05, 0.1) is 25.4 Å². The predicted molar refractivity (Wildman–Crippen MR) is 329 cm³/mol. The number of hydrogen-bond donors (Lipinski definition) is 3. The Morgan fingerprint density at radius 2 is 0.680 bits per heavy atom. The molecule has 0 aliphatic carbocycles. The Morgan fingerprint density at radius 3 is 1.07 bits per heavy atom. The highest BCUT2D eigenvalue weighted by molar-refractivity contribution is 5.76. The molecule has 0 heterocycles. The summed E-state index contributed by atoms with van der Waals surface area (Å²) < 4.78 is 5.47. The van der Waals surface area contributed by atoms with Gasteiger partial charge in [0.25, 0.3) is 0 Å². The van der Waals surface area contributed by atoms with Gasteiger partial charge in [0.1, 0.15) is 0 Å². The van der Waals surface area contributed by atoms with Crippen LogP contribution in [0.3, 0.4) is 0 Å². The van der Waals surface area contributed by atoms with Gasteiger partial charge in [0.2, 0.25) is 5.91 Å². The zero-order chi connectivity index (χ0) is 54.3. The number of nitrogens with one attached hydrogen (secondary N) is 1. The summed E-state index contributed by atoms with van der Waals surface area (Å²) in [6.45, 7) is 4.87. The van der Waals surface area contributed by atoms with Gasteiger partial charge in [-0.15, -0.1) is 0 Å². The highest BCUT2D eigenvalue weighted by atomic mass is 16.5. The molecule has 0 aromatic rings. The van der Waals surface area contributed by atoms with Crippen molar-refractivity contribution in [3.8, 4) is 0 Å². The summed E-state index contributed by atoms with van der Waals surface area (Å²) in [7, 11) is 0. The first-order valence-corrected chi connectivity index (χ1v) is 33.4. The van der Waals surface area contributed by atoms with Crippen molar-refractivity contribution in [3.05, 3.63) is 48.6 Å². The molecule has 0 aliphatic rings. The Hall–Kier alpha value is -2.18. The number of carbonyl (C=O) groups excluding carboxylic acids is 2. The summed E-state index contributed by atoms with van der Waals surface area (Å²) in [5, 5.41) is 23.2. The zero-order valence-corrected chi connectivity index (χ0v) is 50.3. The molecule has 0 aliphatic heterocycles. The van der Waals surface area contributed by atoms with Crippen LogP contribution >= 0.6 is 0 Å². The predicted octanol–water partition coefficient (Wildman–Crippen LogP) is 21.3. The molecular weight excluding hydrogens is 923 g/mol. The minimum atomic E-state index is -0.852. The number of esters is 1. The summed E-state index contributed by atoms with van der Waals surface area (Å²) in [6, 6.07) is -0.636. The van der Waals surface area contributed by atoms with Gasteiger partial charge in [0, 0.05) is 12.8 Å². The van der Waals surface area contributed by atoms with Crippen LogP contribution in [0.4, 0.5) is 0 Å². The first-order chi connectivity index (χ1) is 37.0. The molecule has 2 atom stereocenters. The molecule has 0 spiro atoms. The minimum absolute atomic E-state index is 0.00698. The van der Waals surface area contributed by atoms with Gasteiger partial charge in [-0.2, -0.15) is 0 Å². The number of hydrogen-bond acceptors (Lipinski definition) is 5. The van der Waals surface area contributed by atoms with E-state index in [0.717, 1.165) is 57.8 Å². The van der Waals surface area contributed by atoms with Crippen LogP contribution in [0.1, 0.15) is 354 Å². The largest absolute Gasteiger partial charge is 0.466 e. The second kappa shape index (κ2) is 64.3. The fraction of sp³-hybridized carbons (Fsp3) is 0.855. The Bertz CT molecular complexity index is 1260. The normalized spacial score (nSPS) is 12.9. The fourth-order valence-electron chi connectivity index (χ4n) is 10.2. The van der Waals surface area contributed by atoms with Crippen molar-refractivity contribution in [3.63, 3.8) is 0 Å². The Morgan fingerprint density at radius 1 is 0.373 bits per heavy atom. The highest BCUT2D eigenvalue weighted by Crippen LogP contribution is 2.18. The van der Waals surface area contributed by atoms with Crippen LogP contribution < -0.4 is 5.32 Å². The minimum Gasteiger partial charge on any atom is -0.466 e. The van der Waals surface area contributed by atoms with Crippen LogP contribution in [0, 0.1) is 0 Å². The number of allylic oxidation sites excluding steroid dienone is 7. The molecule has 0 aromatic carbocycles. The van der Waals surface area contributed by atoms with E-state index in [1.165, 1.54) is 270 Å². The maximum Gasteiger partial charge on any atom is 0.305 e. The quantitative estimate of drug-likeness (QED) is 0.0320. The van der Waals surface area contributed by atoms with Crippen molar-refractivity contribution in [1.29, 1.82) is 0 Å². The van der Waals surface area contributed by atoms with E-state index in [1.54, 1.807) is 6.08 Å². The second-order valence-electron chi connectivity index (χ2n) is 22.8. The average Bonchev–Trinajstić information content (AvgIpc) is 3.41. The van der Waals surface area contributed by atoms with Crippen LogP contribution in [-0.4, -0.2) is 47.4 Å². The lowest BCUT2D eigenvalue weighted by atomic mass is 10.0. The third kappa shape index (κ3) is 60.9. The summed E-state index contributed by atoms with van der Waals surface area (Å²) in [5.41, 5.74) is 0. The number of ether oxygens (including phenoxy) is 1. The van der Waals surface area contributed by atoms with E-state index in [9.17, 15) is 19.8 Å². The van der Waals surface area contributed by atoms with E-state index in [4.69, 9.17) is 4.74 Å². The topological polar surface area (TPSA) is 95.9 Å². The van der Waals surface area contributed by atoms with E-state index in [-0.39, 0.29) is 18.5 Å². The van der Waals surface area contributed by atoms with Gasteiger partial charge in [-0.25, -0.2) is 0 Å². The zero-order valence-electron chi connectivity index (χ0n) is 50.3. The summed E-state index contributed by atoms with van der Waals surface area (Å²) in [4.78, 5) is 24.6. The van der Waals surface area contributed by atoms with Crippen molar-refractivity contribution in [2.24, 2.45) is 0 Å². The lowest BCUT2D eigenvalue weighted by Crippen LogP contribution is -2.45. The molecule has 75 heavy (non-hydrogen) atoms. The summed E-state index contributed by atoms with van der Waals surface area (Å²) >= 11 is 0. The van der Waals surface area contributed by atoms with Crippen molar-refractivity contribution >= 4 is 11.9 Å². The maximum atomic E-state index is 12.5. The molecule has 1 amide bonds. The lowest BCUT2D eigenvalue weighted by molar-refractivity contribution is -0.143. The molecular formula is C69H129NO5.